The lowest BCUT2D eigenvalue weighted by atomic mass is 9.93. The van der Waals surface area contributed by atoms with Crippen LogP contribution in [0.5, 0.6) is 5.75 Å². The van der Waals surface area contributed by atoms with Crippen LogP contribution in [0.1, 0.15) is 30.9 Å². The number of benzene rings is 1. The number of ether oxygens (including phenoxy) is 1. The van der Waals surface area contributed by atoms with Gasteiger partial charge < -0.3 is 14.9 Å². The number of rotatable bonds is 6. The Labute approximate surface area is 107 Å². The molecule has 0 heterocycles. The Morgan fingerprint density at radius 2 is 2.11 bits per heavy atom. The third kappa shape index (κ3) is 4.37. The topological polar surface area (TPSA) is 66.8 Å². The fraction of sp³-hybridized carbons (Fsp3) is 0.500. The molecule has 2 N–H and O–H groups in total. The molecule has 4 nitrogen and oxygen atoms in total. The maximum Gasteiger partial charge on any atom is 0.306 e. The van der Waals surface area contributed by atoms with Crippen LogP contribution < -0.4 is 4.74 Å². The van der Waals surface area contributed by atoms with Gasteiger partial charge in [0.1, 0.15) is 5.75 Å². The third-order valence-corrected chi connectivity index (χ3v) is 2.94. The van der Waals surface area contributed by atoms with Crippen LogP contribution in [-0.2, 0) is 11.2 Å². The van der Waals surface area contributed by atoms with E-state index >= 15 is 0 Å². The number of hydrogen-bond acceptors (Lipinski definition) is 3. The van der Waals surface area contributed by atoms with Gasteiger partial charge >= 0.3 is 5.97 Å². The zero-order valence-corrected chi connectivity index (χ0v) is 11.1. The maximum absolute atomic E-state index is 10.6. The molecule has 100 valence electrons. The lowest BCUT2D eigenvalue weighted by Gasteiger charge is -2.21. The minimum atomic E-state index is -1.17. The minimum absolute atomic E-state index is 0.234. The third-order valence-electron chi connectivity index (χ3n) is 2.94. The van der Waals surface area contributed by atoms with E-state index in [0.717, 1.165) is 16.9 Å². The number of carboxylic acids is 1. The Bertz CT molecular complexity index is 424. The summed E-state index contributed by atoms with van der Waals surface area (Å²) in [4.78, 5) is 10.6. The van der Waals surface area contributed by atoms with Crippen molar-refractivity contribution in [1.29, 1.82) is 0 Å². The summed E-state index contributed by atoms with van der Waals surface area (Å²) in [6.45, 7) is 3.51. The number of methoxy groups -OCH3 is 1. The van der Waals surface area contributed by atoms with Gasteiger partial charge in [0, 0.05) is 0 Å². The van der Waals surface area contributed by atoms with Crippen LogP contribution in [-0.4, -0.2) is 28.9 Å². The summed E-state index contributed by atoms with van der Waals surface area (Å²) in [5.74, 6) is -0.151. The van der Waals surface area contributed by atoms with Crippen LogP contribution in [0.15, 0.2) is 18.2 Å². The molecular formula is C14H20O4. The van der Waals surface area contributed by atoms with Crippen molar-refractivity contribution in [2.45, 2.75) is 38.7 Å². The first-order chi connectivity index (χ1) is 8.34. The quantitative estimate of drug-likeness (QED) is 0.814. The maximum atomic E-state index is 10.6. The van der Waals surface area contributed by atoms with Crippen LogP contribution in [0.4, 0.5) is 0 Å². The van der Waals surface area contributed by atoms with E-state index in [9.17, 15) is 9.90 Å². The molecule has 1 unspecified atom stereocenters. The second-order valence-electron chi connectivity index (χ2n) is 4.87. The summed E-state index contributed by atoms with van der Waals surface area (Å²) in [6, 6.07) is 5.81. The standard InChI is InChI=1S/C14H20O4/c1-10-8-11(4-5-12(10)18-3)6-7-14(2,17)9-13(15)16/h4-5,8,17H,6-7,9H2,1-3H3,(H,15,16). The van der Waals surface area contributed by atoms with Crippen LogP contribution in [0, 0.1) is 6.92 Å². The van der Waals surface area contributed by atoms with Gasteiger partial charge in [0.25, 0.3) is 0 Å². The van der Waals surface area contributed by atoms with Crippen molar-refractivity contribution in [3.63, 3.8) is 0 Å². The first-order valence-corrected chi connectivity index (χ1v) is 5.92. The first-order valence-electron chi connectivity index (χ1n) is 5.92. The van der Waals surface area contributed by atoms with Crippen LogP contribution in [0.3, 0.4) is 0 Å². The van der Waals surface area contributed by atoms with Gasteiger partial charge in [-0.3, -0.25) is 4.79 Å². The fourth-order valence-corrected chi connectivity index (χ4v) is 1.92. The van der Waals surface area contributed by atoms with Gasteiger partial charge in [0.2, 0.25) is 0 Å². The van der Waals surface area contributed by atoms with Crippen molar-refractivity contribution in [2.24, 2.45) is 0 Å². The summed E-state index contributed by atoms with van der Waals surface area (Å²) in [5, 5.41) is 18.6. The number of hydrogen-bond donors (Lipinski definition) is 2. The Morgan fingerprint density at radius 1 is 1.44 bits per heavy atom. The van der Waals surface area contributed by atoms with Crippen LogP contribution >= 0.6 is 0 Å². The highest BCUT2D eigenvalue weighted by molar-refractivity contribution is 5.68. The Kier molecular flexibility index (Phi) is 4.73. The molecule has 0 fully saturated rings. The van der Waals surface area contributed by atoms with Crippen molar-refractivity contribution in [1.82, 2.24) is 0 Å². The van der Waals surface area contributed by atoms with Crippen LogP contribution in [0.25, 0.3) is 0 Å². The van der Waals surface area contributed by atoms with Crippen molar-refractivity contribution < 1.29 is 19.7 Å². The highest BCUT2D eigenvalue weighted by atomic mass is 16.5. The molecule has 1 atom stereocenters. The summed E-state index contributed by atoms with van der Waals surface area (Å²) < 4.78 is 5.17. The molecule has 0 bridgehead atoms. The lowest BCUT2D eigenvalue weighted by Crippen LogP contribution is -2.28. The molecule has 1 aromatic rings. The van der Waals surface area contributed by atoms with Crippen molar-refractivity contribution in [2.75, 3.05) is 7.11 Å². The Morgan fingerprint density at radius 3 is 2.61 bits per heavy atom. The minimum Gasteiger partial charge on any atom is -0.496 e. The monoisotopic (exact) mass is 252 g/mol. The van der Waals surface area contributed by atoms with Gasteiger partial charge in [-0.2, -0.15) is 0 Å². The first kappa shape index (κ1) is 14.5. The molecule has 4 heteroatoms. The van der Waals surface area contributed by atoms with Gasteiger partial charge in [0.05, 0.1) is 19.1 Å². The van der Waals surface area contributed by atoms with Crippen molar-refractivity contribution >= 4 is 5.97 Å². The Hall–Kier alpha value is -1.55. The zero-order valence-electron chi connectivity index (χ0n) is 11.1. The normalized spacial score (nSPS) is 14.0. The molecule has 0 radical (unpaired) electrons. The van der Waals surface area contributed by atoms with E-state index in [1.807, 2.05) is 25.1 Å². The smallest absolute Gasteiger partial charge is 0.306 e. The van der Waals surface area contributed by atoms with E-state index < -0.39 is 11.6 Å². The molecule has 0 spiro atoms. The average Bonchev–Trinajstić information content (AvgIpc) is 2.25. The number of aliphatic hydroxyl groups is 1. The second-order valence-corrected chi connectivity index (χ2v) is 4.87. The zero-order chi connectivity index (χ0) is 13.8. The summed E-state index contributed by atoms with van der Waals surface area (Å²) in [6.07, 6.45) is 0.832. The van der Waals surface area contributed by atoms with E-state index in [1.54, 1.807) is 14.0 Å². The SMILES string of the molecule is COc1ccc(CCC(C)(O)CC(=O)O)cc1C. The van der Waals surface area contributed by atoms with E-state index in [2.05, 4.69) is 0 Å². The highest BCUT2D eigenvalue weighted by Crippen LogP contribution is 2.22. The van der Waals surface area contributed by atoms with E-state index in [1.165, 1.54) is 0 Å². The second kappa shape index (κ2) is 5.87. The summed E-state index contributed by atoms with van der Waals surface area (Å²) in [7, 11) is 1.62. The number of carboxylic acid groups (broad SMARTS) is 1. The van der Waals surface area contributed by atoms with Gasteiger partial charge in [-0.05, 0) is 43.9 Å². The van der Waals surface area contributed by atoms with Crippen molar-refractivity contribution in [3.05, 3.63) is 29.3 Å². The highest BCUT2D eigenvalue weighted by Gasteiger charge is 2.23. The fourth-order valence-electron chi connectivity index (χ4n) is 1.92. The molecular weight excluding hydrogens is 232 g/mol. The molecule has 0 aliphatic carbocycles. The molecule has 0 saturated heterocycles. The predicted molar refractivity (Wildman–Crippen MR) is 68.9 cm³/mol. The van der Waals surface area contributed by atoms with E-state index in [-0.39, 0.29) is 6.42 Å². The lowest BCUT2D eigenvalue weighted by molar-refractivity contribution is -0.142. The number of aryl methyl sites for hydroxylation is 2. The van der Waals surface area contributed by atoms with Gasteiger partial charge in [-0.1, -0.05) is 12.1 Å². The van der Waals surface area contributed by atoms with Gasteiger partial charge in [-0.15, -0.1) is 0 Å². The largest absolute Gasteiger partial charge is 0.496 e. The average molecular weight is 252 g/mol. The molecule has 0 saturated carbocycles. The van der Waals surface area contributed by atoms with Crippen LogP contribution in [0.2, 0.25) is 0 Å². The molecule has 0 aromatic heterocycles. The van der Waals surface area contributed by atoms with Crippen molar-refractivity contribution in [3.8, 4) is 5.75 Å². The molecule has 1 rings (SSSR count). The van der Waals surface area contributed by atoms with Gasteiger partial charge in [-0.25, -0.2) is 0 Å². The molecule has 0 amide bonds. The summed E-state index contributed by atoms with van der Waals surface area (Å²) >= 11 is 0. The molecule has 0 aliphatic rings. The number of carbonyl (C=O) groups is 1. The number of aliphatic carboxylic acids is 1. The summed E-state index contributed by atoms with van der Waals surface area (Å²) in [5.41, 5.74) is 0.937. The molecule has 18 heavy (non-hydrogen) atoms. The predicted octanol–water partition coefficient (Wildman–Crippen LogP) is 2.16. The van der Waals surface area contributed by atoms with Gasteiger partial charge in [0.15, 0.2) is 0 Å². The molecule has 1 aromatic carbocycles. The molecule has 0 aliphatic heterocycles. The van der Waals surface area contributed by atoms with E-state index in [4.69, 9.17) is 9.84 Å². The van der Waals surface area contributed by atoms with E-state index in [0.29, 0.717) is 12.8 Å². The Balaban J connectivity index is 2.63.